The molecular weight excluding hydrogens is 214 g/mol. The third-order valence-electron chi connectivity index (χ3n) is 3.12. The molecule has 0 N–H and O–H groups in total. The van der Waals surface area contributed by atoms with Gasteiger partial charge in [-0.1, -0.05) is 13.0 Å². The predicted octanol–water partition coefficient (Wildman–Crippen LogP) is 2.44. The lowest BCUT2D eigenvalue weighted by Crippen LogP contribution is -2.18. The Kier molecular flexibility index (Phi) is 2.84. The maximum Gasteiger partial charge on any atom is 0.258 e. The third-order valence-corrected chi connectivity index (χ3v) is 3.12. The molecule has 0 aliphatic rings. The van der Waals surface area contributed by atoms with Crippen LogP contribution in [0.2, 0.25) is 0 Å². The van der Waals surface area contributed by atoms with Crippen molar-refractivity contribution in [2.45, 2.75) is 20.3 Å². The summed E-state index contributed by atoms with van der Waals surface area (Å²) in [4.78, 5) is 23.6. The van der Waals surface area contributed by atoms with Gasteiger partial charge in [-0.25, -0.2) is 0 Å². The van der Waals surface area contributed by atoms with Crippen LogP contribution < -0.4 is 5.56 Å². The van der Waals surface area contributed by atoms with Crippen molar-refractivity contribution in [2.75, 3.05) is 0 Å². The summed E-state index contributed by atoms with van der Waals surface area (Å²) in [5.41, 5.74) is 1.55. The highest BCUT2D eigenvalue weighted by Gasteiger charge is 2.07. The van der Waals surface area contributed by atoms with Gasteiger partial charge in [-0.05, 0) is 30.5 Å². The van der Waals surface area contributed by atoms with Gasteiger partial charge in [0, 0.05) is 30.1 Å². The molecular formula is C14H15NO2. The van der Waals surface area contributed by atoms with E-state index >= 15 is 0 Å². The Balaban J connectivity index is 2.76. The molecule has 0 aliphatic heterocycles. The first-order valence-electron chi connectivity index (χ1n) is 5.68. The summed E-state index contributed by atoms with van der Waals surface area (Å²) in [5, 5.41) is 1.50. The van der Waals surface area contributed by atoms with Crippen molar-refractivity contribution >= 4 is 16.6 Å². The molecule has 0 saturated carbocycles. The topological polar surface area (TPSA) is 39.1 Å². The molecule has 3 nitrogen and oxygen atoms in total. The molecule has 0 radical (unpaired) electrons. The van der Waals surface area contributed by atoms with Crippen molar-refractivity contribution in [2.24, 2.45) is 7.05 Å². The lowest BCUT2D eigenvalue weighted by Gasteiger charge is -2.07. The zero-order valence-corrected chi connectivity index (χ0v) is 10.3. The zero-order valence-electron chi connectivity index (χ0n) is 10.3. The quantitative estimate of drug-likeness (QED) is 0.742. The fourth-order valence-electron chi connectivity index (χ4n) is 1.92. The maximum absolute atomic E-state index is 12.0. The Bertz CT molecular complexity index is 653. The van der Waals surface area contributed by atoms with Gasteiger partial charge in [0.15, 0.2) is 5.78 Å². The highest BCUT2D eigenvalue weighted by atomic mass is 16.1. The Labute approximate surface area is 99.7 Å². The minimum Gasteiger partial charge on any atom is -0.315 e. The SMILES string of the molecule is CCC(=O)c1ccc2c(=O)n(C)c(C)cc2c1. The number of benzene rings is 1. The summed E-state index contributed by atoms with van der Waals surface area (Å²) in [6.07, 6.45) is 0.481. The number of hydrogen-bond acceptors (Lipinski definition) is 2. The molecule has 0 amide bonds. The summed E-state index contributed by atoms with van der Waals surface area (Å²) in [6, 6.07) is 7.20. The summed E-state index contributed by atoms with van der Waals surface area (Å²) in [7, 11) is 1.75. The lowest BCUT2D eigenvalue weighted by atomic mass is 10.0. The van der Waals surface area contributed by atoms with Gasteiger partial charge in [-0.3, -0.25) is 9.59 Å². The lowest BCUT2D eigenvalue weighted by molar-refractivity contribution is 0.0988. The van der Waals surface area contributed by atoms with E-state index in [-0.39, 0.29) is 11.3 Å². The second-order valence-corrected chi connectivity index (χ2v) is 4.23. The van der Waals surface area contributed by atoms with Crippen LogP contribution >= 0.6 is 0 Å². The number of carbonyl (C=O) groups is 1. The molecule has 0 atom stereocenters. The standard InChI is InChI=1S/C14H15NO2/c1-4-13(16)10-5-6-12-11(8-10)7-9(2)15(3)14(12)17/h5-8H,4H2,1-3H3. The zero-order chi connectivity index (χ0) is 12.6. The van der Waals surface area contributed by atoms with Crippen molar-refractivity contribution in [3.63, 3.8) is 0 Å². The fraction of sp³-hybridized carbons (Fsp3) is 0.286. The summed E-state index contributed by atoms with van der Waals surface area (Å²) in [6.45, 7) is 3.72. The molecule has 0 unspecified atom stereocenters. The molecule has 2 rings (SSSR count). The molecule has 2 aromatic rings. The van der Waals surface area contributed by atoms with Gasteiger partial charge in [0.05, 0.1) is 0 Å². The van der Waals surface area contributed by atoms with E-state index in [1.54, 1.807) is 29.8 Å². The number of hydrogen-bond donors (Lipinski definition) is 0. The normalized spacial score (nSPS) is 10.8. The average molecular weight is 229 g/mol. The molecule has 0 fully saturated rings. The first-order chi connectivity index (χ1) is 8.04. The van der Waals surface area contributed by atoms with E-state index in [0.717, 1.165) is 11.1 Å². The Morgan fingerprint density at radius 1 is 1.29 bits per heavy atom. The second kappa shape index (κ2) is 4.17. The van der Waals surface area contributed by atoms with Crippen LogP contribution in [-0.2, 0) is 7.05 Å². The molecule has 1 aromatic carbocycles. The number of carbonyl (C=O) groups excluding carboxylic acids is 1. The van der Waals surface area contributed by atoms with E-state index in [1.165, 1.54) is 0 Å². The summed E-state index contributed by atoms with van der Waals surface area (Å²) < 4.78 is 1.61. The van der Waals surface area contributed by atoms with E-state index in [0.29, 0.717) is 17.4 Å². The average Bonchev–Trinajstić information content (AvgIpc) is 2.34. The first kappa shape index (κ1) is 11.6. The van der Waals surface area contributed by atoms with Crippen molar-refractivity contribution in [3.05, 3.63) is 45.9 Å². The smallest absolute Gasteiger partial charge is 0.258 e. The van der Waals surface area contributed by atoms with Crippen LogP contribution in [0.3, 0.4) is 0 Å². The highest BCUT2D eigenvalue weighted by molar-refractivity contribution is 5.99. The van der Waals surface area contributed by atoms with Crippen LogP contribution in [0.25, 0.3) is 10.8 Å². The van der Waals surface area contributed by atoms with E-state index < -0.39 is 0 Å². The predicted molar refractivity (Wildman–Crippen MR) is 68.5 cm³/mol. The Morgan fingerprint density at radius 2 is 2.00 bits per heavy atom. The minimum absolute atomic E-state index is 0.0181. The summed E-state index contributed by atoms with van der Waals surface area (Å²) >= 11 is 0. The van der Waals surface area contributed by atoms with E-state index in [1.807, 2.05) is 19.9 Å². The second-order valence-electron chi connectivity index (χ2n) is 4.23. The van der Waals surface area contributed by atoms with E-state index in [4.69, 9.17) is 0 Å². The van der Waals surface area contributed by atoms with Crippen LogP contribution in [0.5, 0.6) is 0 Å². The van der Waals surface area contributed by atoms with Gasteiger partial charge in [0.25, 0.3) is 5.56 Å². The molecule has 1 heterocycles. The van der Waals surface area contributed by atoms with Gasteiger partial charge in [-0.15, -0.1) is 0 Å². The molecule has 3 heteroatoms. The molecule has 1 aromatic heterocycles. The van der Waals surface area contributed by atoms with Gasteiger partial charge in [-0.2, -0.15) is 0 Å². The van der Waals surface area contributed by atoms with Gasteiger partial charge >= 0.3 is 0 Å². The highest BCUT2D eigenvalue weighted by Crippen LogP contribution is 2.15. The molecule has 0 bridgehead atoms. The first-order valence-corrected chi connectivity index (χ1v) is 5.68. The van der Waals surface area contributed by atoms with Crippen LogP contribution in [0.1, 0.15) is 29.4 Å². The largest absolute Gasteiger partial charge is 0.315 e. The van der Waals surface area contributed by atoms with Crippen molar-refractivity contribution < 1.29 is 4.79 Å². The van der Waals surface area contributed by atoms with Crippen LogP contribution in [0.4, 0.5) is 0 Å². The van der Waals surface area contributed by atoms with Crippen molar-refractivity contribution in [1.82, 2.24) is 4.57 Å². The number of nitrogens with zero attached hydrogens (tertiary/aromatic N) is 1. The number of rotatable bonds is 2. The molecule has 88 valence electrons. The Morgan fingerprint density at radius 3 is 2.65 bits per heavy atom. The van der Waals surface area contributed by atoms with Gasteiger partial charge in [0.2, 0.25) is 0 Å². The van der Waals surface area contributed by atoms with E-state index in [2.05, 4.69) is 0 Å². The van der Waals surface area contributed by atoms with E-state index in [9.17, 15) is 9.59 Å². The number of pyridine rings is 1. The number of aromatic nitrogens is 1. The maximum atomic E-state index is 12.0. The van der Waals surface area contributed by atoms with Gasteiger partial charge in [0.1, 0.15) is 0 Å². The summed E-state index contributed by atoms with van der Waals surface area (Å²) in [5.74, 6) is 0.102. The molecule has 0 saturated heterocycles. The van der Waals surface area contributed by atoms with Crippen LogP contribution in [-0.4, -0.2) is 10.4 Å². The molecule has 17 heavy (non-hydrogen) atoms. The number of ketones is 1. The number of fused-ring (bicyclic) bond motifs is 1. The van der Waals surface area contributed by atoms with Crippen molar-refractivity contribution in [1.29, 1.82) is 0 Å². The molecule has 0 aliphatic carbocycles. The van der Waals surface area contributed by atoms with Crippen molar-refractivity contribution in [3.8, 4) is 0 Å². The van der Waals surface area contributed by atoms with Crippen LogP contribution in [0.15, 0.2) is 29.1 Å². The minimum atomic E-state index is -0.0181. The Hall–Kier alpha value is -1.90. The third kappa shape index (κ3) is 1.88. The van der Waals surface area contributed by atoms with Gasteiger partial charge < -0.3 is 4.57 Å². The van der Waals surface area contributed by atoms with Crippen LogP contribution in [0, 0.1) is 6.92 Å². The fourth-order valence-corrected chi connectivity index (χ4v) is 1.92. The molecule has 0 spiro atoms. The monoisotopic (exact) mass is 229 g/mol. The number of aryl methyl sites for hydroxylation is 1. The number of Topliss-reactive ketones (excluding diaryl/α,β-unsaturated/α-hetero) is 1.